The van der Waals surface area contributed by atoms with Gasteiger partial charge in [-0.3, -0.25) is 14.9 Å². The topological polar surface area (TPSA) is 133 Å². The van der Waals surface area contributed by atoms with E-state index in [2.05, 4.69) is 15.5 Å². The quantitative estimate of drug-likeness (QED) is 0.441. The predicted molar refractivity (Wildman–Crippen MR) is 95.2 cm³/mol. The number of thiazole rings is 1. The van der Waals surface area contributed by atoms with Crippen molar-refractivity contribution in [2.45, 2.75) is 20.3 Å². The van der Waals surface area contributed by atoms with Crippen LogP contribution in [0.25, 0.3) is 0 Å². The highest BCUT2D eigenvalue weighted by Crippen LogP contribution is 2.27. The monoisotopic (exact) mass is 363 g/mol. The predicted octanol–water partition coefficient (Wildman–Crippen LogP) is 2.49. The maximum atomic E-state index is 12.0. The number of hydrogen-bond acceptors (Lipinski definition) is 8. The number of nitrogens with one attached hydrogen (secondary N) is 1. The first kappa shape index (κ1) is 18.3. The number of carbonyl (C=O) groups is 1. The van der Waals surface area contributed by atoms with Crippen molar-refractivity contribution >= 4 is 34.3 Å². The zero-order valence-electron chi connectivity index (χ0n) is 13.7. The third-order valence-corrected chi connectivity index (χ3v) is 4.03. The fourth-order valence-corrected chi connectivity index (χ4v) is 2.66. The molecule has 0 radical (unpaired) electrons. The smallest absolute Gasteiger partial charge is 0.311 e. The van der Waals surface area contributed by atoms with E-state index in [1.807, 2.05) is 6.92 Å². The van der Waals surface area contributed by atoms with Crippen molar-refractivity contribution in [2.24, 2.45) is 5.10 Å². The minimum atomic E-state index is -0.523. The number of hydrogen-bond donors (Lipinski definition) is 2. The van der Waals surface area contributed by atoms with Gasteiger partial charge in [-0.15, -0.1) is 0 Å². The summed E-state index contributed by atoms with van der Waals surface area (Å²) >= 11 is 1.06. The number of benzene rings is 1. The van der Waals surface area contributed by atoms with Crippen molar-refractivity contribution in [3.8, 4) is 5.75 Å². The fourth-order valence-electron chi connectivity index (χ4n) is 1.94. The van der Waals surface area contributed by atoms with E-state index < -0.39 is 10.8 Å². The third kappa shape index (κ3) is 4.73. The number of nitrogen functional groups attached to an aromatic ring is 1. The van der Waals surface area contributed by atoms with Crippen molar-refractivity contribution in [2.75, 3.05) is 12.3 Å². The van der Waals surface area contributed by atoms with Crippen molar-refractivity contribution in [1.29, 1.82) is 0 Å². The Hall–Kier alpha value is -3.01. The second-order valence-corrected chi connectivity index (χ2v) is 6.03. The lowest BCUT2D eigenvalue weighted by Gasteiger charge is -2.05. The van der Waals surface area contributed by atoms with Crippen LogP contribution in [0.15, 0.2) is 23.3 Å². The van der Waals surface area contributed by atoms with Gasteiger partial charge in [0.2, 0.25) is 0 Å². The van der Waals surface area contributed by atoms with E-state index in [1.54, 1.807) is 13.0 Å². The summed E-state index contributed by atoms with van der Waals surface area (Å²) in [5.41, 5.74) is 8.70. The molecule has 9 nitrogen and oxygen atoms in total. The number of ether oxygens (including phenoxy) is 1. The van der Waals surface area contributed by atoms with E-state index in [0.717, 1.165) is 17.8 Å². The highest BCUT2D eigenvalue weighted by Gasteiger charge is 2.16. The van der Waals surface area contributed by atoms with Gasteiger partial charge < -0.3 is 10.5 Å². The van der Waals surface area contributed by atoms with Gasteiger partial charge >= 0.3 is 5.69 Å². The van der Waals surface area contributed by atoms with Crippen molar-refractivity contribution < 1.29 is 14.5 Å². The lowest BCUT2D eigenvalue weighted by molar-refractivity contribution is -0.385. The zero-order valence-corrected chi connectivity index (χ0v) is 14.5. The van der Waals surface area contributed by atoms with Gasteiger partial charge in [-0.25, -0.2) is 10.4 Å². The number of aromatic nitrogens is 1. The van der Waals surface area contributed by atoms with Crippen LogP contribution in [-0.4, -0.2) is 28.6 Å². The zero-order chi connectivity index (χ0) is 18.4. The number of amides is 1. The molecule has 0 aliphatic carbocycles. The summed E-state index contributed by atoms with van der Waals surface area (Å²) in [6, 6.07) is 4.45. The van der Waals surface area contributed by atoms with Gasteiger partial charge in [0.15, 0.2) is 10.9 Å². The first-order chi connectivity index (χ1) is 11.9. The van der Waals surface area contributed by atoms with Crippen LogP contribution in [0.2, 0.25) is 0 Å². The minimum Gasteiger partial charge on any atom is -0.487 e. The Labute approximate surface area is 147 Å². The van der Waals surface area contributed by atoms with Gasteiger partial charge in [-0.05, 0) is 25.5 Å². The van der Waals surface area contributed by atoms with Gasteiger partial charge in [-0.1, -0.05) is 18.3 Å². The second kappa shape index (κ2) is 8.20. The van der Waals surface area contributed by atoms with Crippen molar-refractivity contribution in [1.82, 2.24) is 10.4 Å². The molecular weight excluding hydrogens is 346 g/mol. The Morgan fingerprint density at radius 2 is 2.32 bits per heavy atom. The summed E-state index contributed by atoms with van der Waals surface area (Å²) in [5.74, 6) is -0.246. The molecule has 0 aliphatic heterocycles. The average molecular weight is 363 g/mol. The van der Waals surface area contributed by atoms with Gasteiger partial charge in [0.25, 0.3) is 5.91 Å². The normalized spacial score (nSPS) is 10.8. The Morgan fingerprint density at radius 3 is 2.92 bits per heavy atom. The summed E-state index contributed by atoms with van der Waals surface area (Å²) < 4.78 is 5.35. The first-order valence-corrected chi connectivity index (χ1v) is 8.21. The SMILES string of the molecule is CCCOc1ccc(/C=N\NC(=O)c2sc(N)nc2C)cc1[N+](=O)[O-]. The van der Waals surface area contributed by atoms with E-state index >= 15 is 0 Å². The molecule has 3 N–H and O–H groups in total. The molecule has 0 saturated heterocycles. The van der Waals surface area contributed by atoms with E-state index in [9.17, 15) is 14.9 Å². The van der Waals surface area contributed by atoms with E-state index in [-0.39, 0.29) is 11.4 Å². The number of nitrogens with two attached hydrogens (primary N) is 1. The molecule has 1 heterocycles. The van der Waals surface area contributed by atoms with Crippen LogP contribution in [0.5, 0.6) is 5.75 Å². The van der Waals surface area contributed by atoms with Crippen LogP contribution < -0.4 is 15.9 Å². The summed E-state index contributed by atoms with van der Waals surface area (Å²) in [5, 5.41) is 15.2. The summed E-state index contributed by atoms with van der Waals surface area (Å²) in [6.45, 7) is 3.97. The minimum absolute atomic E-state index is 0.158. The third-order valence-electron chi connectivity index (χ3n) is 3.04. The van der Waals surface area contributed by atoms with E-state index in [1.165, 1.54) is 18.3 Å². The van der Waals surface area contributed by atoms with Gasteiger partial charge in [0.1, 0.15) is 4.88 Å². The molecule has 0 bridgehead atoms. The maximum Gasteiger partial charge on any atom is 0.311 e. The number of rotatable bonds is 7. The van der Waals surface area contributed by atoms with Crippen molar-refractivity contribution in [3.63, 3.8) is 0 Å². The first-order valence-electron chi connectivity index (χ1n) is 7.40. The molecule has 0 saturated carbocycles. The highest BCUT2D eigenvalue weighted by molar-refractivity contribution is 7.17. The molecule has 0 atom stereocenters. The maximum absolute atomic E-state index is 12.0. The molecule has 0 aliphatic rings. The molecule has 2 rings (SSSR count). The molecule has 1 aromatic heterocycles. The number of carbonyl (C=O) groups excluding carboxylic acids is 1. The molecule has 0 fully saturated rings. The van der Waals surface area contributed by atoms with Crippen LogP contribution in [0.3, 0.4) is 0 Å². The van der Waals surface area contributed by atoms with Crippen LogP contribution in [-0.2, 0) is 0 Å². The van der Waals surface area contributed by atoms with Gasteiger partial charge in [0, 0.05) is 11.6 Å². The number of nitro benzene ring substituents is 1. The Bertz CT molecular complexity index is 818. The van der Waals surface area contributed by atoms with Crippen LogP contribution in [0.1, 0.15) is 34.3 Å². The lowest BCUT2D eigenvalue weighted by Crippen LogP contribution is -2.17. The lowest BCUT2D eigenvalue weighted by atomic mass is 10.2. The number of anilines is 1. The number of nitro groups is 1. The van der Waals surface area contributed by atoms with Gasteiger partial charge in [-0.2, -0.15) is 5.10 Å². The summed E-state index contributed by atoms with van der Waals surface area (Å²) in [6.07, 6.45) is 2.06. The molecule has 10 heteroatoms. The molecule has 25 heavy (non-hydrogen) atoms. The largest absolute Gasteiger partial charge is 0.487 e. The number of aryl methyl sites for hydroxylation is 1. The summed E-state index contributed by atoms with van der Waals surface area (Å²) in [4.78, 5) is 26.9. The Balaban J connectivity index is 2.10. The van der Waals surface area contributed by atoms with E-state index in [0.29, 0.717) is 27.9 Å². The summed E-state index contributed by atoms with van der Waals surface area (Å²) in [7, 11) is 0. The molecule has 2 aromatic rings. The Morgan fingerprint density at radius 1 is 1.56 bits per heavy atom. The molecule has 1 aromatic carbocycles. The highest BCUT2D eigenvalue weighted by atomic mass is 32.1. The van der Waals surface area contributed by atoms with Crippen LogP contribution in [0.4, 0.5) is 10.8 Å². The molecule has 1 amide bonds. The van der Waals surface area contributed by atoms with Crippen LogP contribution >= 0.6 is 11.3 Å². The fraction of sp³-hybridized carbons (Fsp3) is 0.267. The number of nitrogens with zero attached hydrogens (tertiary/aromatic N) is 3. The number of hydrazone groups is 1. The van der Waals surface area contributed by atoms with Crippen LogP contribution in [0, 0.1) is 17.0 Å². The molecule has 0 spiro atoms. The molecule has 0 unspecified atom stereocenters. The van der Waals surface area contributed by atoms with E-state index in [4.69, 9.17) is 10.5 Å². The molecular formula is C15H17N5O4S. The van der Waals surface area contributed by atoms with Crippen molar-refractivity contribution in [3.05, 3.63) is 44.4 Å². The second-order valence-electron chi connectivity index (χ2n) is 5.00. The van der Waals surface area contributed by atoms with Gasteiger partial charge in [0.05, 0.1) is 23.4 Å². The average Bonchev–Trinajstić information content (AvgIpc) is 2.91. The standard InChI is InChI=1S/C15H17N5O4S/c1-3-6-24-12-5-4-10(7-11(12)20(22)23)8-17-19-14(21)13-9(2)18-15(16)25-13/h4-5,7-8H,3,6H2,1-2H3,(H2,16,18)(H,19,21)/b17-8-. The Kier molecular flexibility index (Phi) is 6.01. The molecule has 132 valence electrons.